The summed E-state index contributed by atoms with van der Waals surface area (Å²) < 4.78 is 24.6. The summed E-state index contributed by atoms with van der Waals surface area (Å²) in [6, 6.07) is 0.114. The number of terminal acetylenes is 1. The van der Waals surface area contributed by atoms with Gasteiger partial charge in [0.1, 0.15) is 0 Å². The molecule has 0 aromatic rings. The van der Waals surface area contributed by atoms with E-state index in [0.29, 0.717) is 19.0 Å². The lowest BCUT2D eigenvalue weighted by atomic mass is 9.99. The highest BCUT2D eigenvalue weighted by molar-refractivity contribution is 7.88. The molecule has 0 radical (unpaired) electrons. The Balaban J connectivity index is 2.41. The SMILES string of the molecule is C#CC(CCC)NCC1CCCN(S(C)(=O)=O)C1. The number of piperidine rings is 1. The van der Waals surface area contributed by atoms with Gasteiger partial charge >= 0.3 is 0 Å². The monoisotopic (exact) mass is 272 g/mol. The third-order valence-electron chi connectivity index (χ3n) is 3.38. The van der Waals surface area contributed by atoms with Gasteiger partial charge in [0.05, 0.1) is 12.3 Å². The van der Waals surface area contributed by atoms with Crippen LogP contribution in [0.15, 0.2) is 0 Å². The molecule has 5 heteroatoms. The van der Waals surface area contributed by atoms with Crippen LogP contribution in [0.4, 0.5) is 0 Å². The van der Waals surface area contributed by atoms with E-state index in [-0.39, 0.29) is 6.04 Å². The Morgan fingerprint density at radius 2 is 2.28 bits per heavy atom. The quantitative estimate of drug-likeness (QED) is 0.735. The summed E-state index contributed by atoms with van der Waals surface area (Å²) >= 11 is 0. The Labute approximate surface area is 111 Å². The molecule has 0 spiro atoms. The predicted octanol–water partition coefficient (Wildman–Crippen LogP) is 1.05. The molecule has 1 fully saturated rings. The maximum Gasteiger partial charge on any atom is 0.211 e. The van der Waals surface area contributed by atoms with Crippen molar-refractivity contribution in [2.45, 2.75) is 38.6 Å². The second-order valence-electron chi connectivity index (χ2n) is 5.05. The van der Waals surface area contributed by atoms with E-state index in [1.807, 2.05) is 0 Å². The van der Waals surface area contributed by atoms with Crippen molar-refractivity contribution in [1.29, 1.82) is 0 Å². The topological polar surface area (TPSA) is 49.4 Å². The van der Waals surface area contributed by atoms with Gasteiger partial charge in [0.25, 0.3) is 0 Å². The number of hydrogen-bond acceptors (Lipinski definition) is 3. The molecule has 2 atom stereocenters. The van der Waals surface area contributed by atoms with Crippen LogP contribution in [0.5, 0.6) is 0 Å². The fraction of sp³-hybridized carbons (Fsp3) is 0.846. The summed E-state index contributed by atoms with van der Waals surface area (Å²) in [6.07, 6.45) is 10.8. The van der Waals surface area contributed by atoms with E-state index in [4.69, 9.17) is 6.42 Å². The molecule has 2 unspecified atom stereocenters. The molecule has 1 rings (SSSR count). The molecule has 0 aliphatic carbocycles. The van der Waals surface area contributed by atoms with Gasteiger partial charge in [0.15, 0.2) is 0 Å². The lowest BCUT2D eigenvalue weighted by Crippen LogP contribution is -2.43. The first-order chi connectivity index (χ1) is 8.47. The molecular weight excluding hydrogens is 248 g/mol. The Kier molecular flexibility index (Phi) is 6.13. The molecule has 0 amide bonds. The molecule has 0 aromatic heterocycles. The molecule has 0 aromatic carbocycles. The van der Waals surface area contributed by atoms with E-state index in [2.05, 4.69) is 18.2 Å². The summed E-state index contributed by atoms with van der Waals surface area (Å²) in [7, 11) is -3.05. The van der Waals surface area contributed by atoms with Crippen LogP contribution in [-0.2, 0) is 10.0 Å². The van der Waals surface area contributed by atoms with Crippen LogP contribution in [0, 0.1) is 18.3 Å². The molecule has 104 valence electrons. The number of sulfonamides is 1. The van der Waals surface area contributed by atoms with Crippen molar-refractivity contribution >= 4 is 10.0 Å². The average molecular weight is 272 g/mol. The molecular formula is C13H24N2O2S. The molecule has 1 saturated heterocycles. The predicted molar refractivity (Wildman–Crippen MR) is 74.7 cm³/mol. The minimum atomic E-state index is -3.05. The molecule has 0 saturated carbocycles. The number of nitrogens with one attached hydrogen (secondary N) is 1. The molecule has 4 nitrogen and oxygen atoms in total. The Bertz CT molecular complexity index is 386. The lowest BCUT2D eigenvalue weighted by molar-refractivity contribution is 0.258. The van der Waals surface area contributed by atoms with E-state index in [0.717, 1.165) is 32.2 Å². The molecule has 1 heterocycles. The van der Waals surface area contributed by atoms with Crippen molar-refractivity contribution in [2.75, 3.05) is 25.9 Å². The molecule has 1 N–H and O–H groups in total. The Morgan fingerprint density at radius 1 is 1.56 bits per heavy atom. The van der Waals surface area contributed by atoms with Crippen LogP contribution in [0.1, 0.15) is 32.6 Å². The van der Waals surface area contributed by atoms with E-state index in [9.17, 15) is 8.42 Å². The fourth-order valence-electron chi connectivity index (χ4n) is 2.34. The summed E-state index contributed by atoms with van der Waals surface area (Å²) in [6.45, 7) is 4.19. The third kappa shape index (κ3) is 4.97. The minimum Gasteiger partial charge on any atom is -0.303 e. The van der Waals surface area contributed by atoms with Crippen LogP contribution in [0.3, 0.4) is 0 Å². The van der Waals surface area contributed by atoms with Gasteiger partial charge in [-0.2, -0.15) is 0 Å². The lowest BCUT2D eigenvalue weighted by Gasteiger charge is -2.31. The summed E-state index contributed by atoms with van der Waals surface area (Å²) in [5.74, 6) is 3.12. The third-order valence-corrected chi connectivity index (χ3v) is 4.65. The number of nitrogens with zero attached hydrogens (tertiary/aromatic N) is 1. The Morgan fingerprint density at radius 3 is 2.83 bits per heavy atom. The van der Waals surface area contributed by atoms with Gasteiger partial charge in [-0.25, -0.2) is 12.7 Å². The van der Waals surface area contributed by atoms with Gasteiger partial charge in [-0.3, -0.25) is 0 Å². The second kappa shape index (κ2) is 7.13. The van der Waals surface area contributed by atoms with Crippen molar-refractivity contribution in [3.63, 3.8) is 0 Å². The normalized spacial score (nSPS) is 23.5. The van der Waals surface area contributed by atoms with Crippen LogP contribution >= 0.6 is 0 Å². The smallest absolute Gasteiger partial charge is 0.211 e. The van der Waals surface area contributed by atoms with E-state index < -0.39 is 10.0 Å². The zero-order chi connectivity index (χ0) is 13.6. The average Bonchev–Trinajstić information content (AvgIpc) is 2.34. The summed E-state index contributed by atoms with van der Waals surface area (Å²) in [4.78, 5) is 0. The zero-order valence-electron chi connectivity index (χ0n) is 11.4. The maximum atomic E-state index is 11.5. The highest BCUT2D eigenvalue weighted by Crippen LogP contribution is 2.18. The van der Waals surface area contributed by atoms with E-state index in [1.54, 1.807) is 4.31 Å². The van der Waals surface area contributed by atoms with Gasteiger partial charge in [0, 0.05) is 19.6 Å². The fourth-order valence-corrected chi connectivity index (χ4v) is 3.28. The van der Waals surface area contributed by atoms with Crippen LogP contribution in [-0.4, -0.2) is 44.7 Å². The van der Waals surface area contributed by atoms with Crippen molar-refractivity contribution in [3.8, 4) is 12.3 Å². The number of rotatable bonds is 6. The largest absolute Gasteiger partial charge is 0.303 e. The van der Waals surface area contributed by atoms with Gasteiger partial charge in [-0.05, 0) is 25.2 Å². The highest BCUT2D eigenvalue weighted by Gasteiger charge is 2.25. The van der Waals surface area contributed by atoms with Gasteiger partial charge < -0.3 is 5.32 Å². The maximum absolute atomic E-state index is 11.5. The standard InChI is InChI=1S/C13H24N2O2S/c1-4-7-13(5-2)14-10-12-8-6-9-15(11-12)18(3,16)17/h2,12-14H,4,6-11H2,1,3H3. The van der Waals surface area contributed by atoms with E-state index >= 15 is 0 Å². The Hall–Kier alpha value is -0.570. The first kappa shape index (κ1) is 15.5. The van der Waals surface area contributed by atoms with Gasteiger partial charge in [-0.1, -0.05) is 19.3 Å². The first-order valence-electron chi connectivity index (χ1n) is 6.62. The van der Waals surface area contributed by atoms with Crippen molar-refractivity contribution in [3.05, 3.63) is 0 Å². The number of hydrogen-bond donors (Lipinski definition) is 1. The molecule has 1 aliphatic rings. The van der Waals surface area contributed by atoms with E-state index in [1.165, 1.54) is 6.26 Å². The summed E-state index contributed by atoms with van der Waals surface area (Å²) in [5, 5.41) is 3.35. The van der Waals surface area contributed by atoms with Gasteiger partial charge in [0.2, 0.25) is 10.0 Å². The van der Waals surface area contributed by atoms with Crippen LogP contribution in [0.2, 0.25) is 0 Å². The van der Waals surface area contributed by atoms with Crippen LogP contribution < -0.4 is 5.32 Å². The van der Waals surface area contributed by atoms with Crippen molar-refractivity contribution in [2.24, 2.45) is 5.92 Å². The second-order valence-corrected chi connectivity index (χ2v) is 7.03. The first-order valence-corrected chi connectivity index (χ1v) is 8.46. The van der Waals surface area contributed by atoms with Gasteiger partial charge in [-0.15, -0.1) is 6.42 Å². The molecule has 1 aliphatic heterocycles. The minimum absolute atomic E-state index is 0.114. The zero-order valence-corrected chi connectivity index (χ0v) is 12.2. The highest BCUT2D eigenvalue weighted by atomic mass is 32.2. The van der Waals surface area contributed by atoms with Crippen molar-refractivity contribution < 1.29 is 8.42 Å². The molecule has 0 bridgehead atoms. The van der Waals surface area contributed by atoms with Crippen molar-refractivity contribution in [1.82, 2.24) is 9.62 Å². The summed E-state index contributed by atoms with van der Waals surface area (Å²) in [5.41, 5.74) is 0. The van der Waals surface area contributed by atoms with Crippen LogP contribution in [0.25, 0.3) is 0 Å². The molecule has 18 heavy (non-hydrogen) atoms.